The molecule has 2 aromatic heterocycles. The van der Waals surface area contributed by atoms with Crippen LogP contribution in [0.2, 0.25) is 5.15 Å². The third-order valence-corrected chi connectivity index (χ3v) is 2.00. The molecule has 0 fully saturated rings. The maximum atomic E-state index is 5.64. The first-order valence-electron chi connectivity index (χ1n) is 4.17. The molecule has 0 saturated heterocycles. The topological polar surface area (TPSA) is 38.7 Å². The van der Waals surface area contributed by atoms with Crippen LogP contribution < -0.4 is 0 Å². The molecule has 3 nitrogen and oxygen atoms in total. The van der Waals surface area contributed by atoms with Gasteiger partial charge in [-0.25, -0.2) is 0 Å². The van der Waals surface area contributed by atoms with Crippen LogP contribution in [0.1, 0.15) is 5.56 Å². The molecular formula is C10H8ClN3. The van der Waals surface area contributed by atoms with Gasteiger partial charge < -0.3 is 0 Å². The second-order valence-corrected chi connectivity index (χ2v) is 3.38. The highest BCUT2D eigenvalue weighted by molar-refractivity contribution is 6.29. The molecule has 0 unspecified atom stereocenters. The van der Waals surface area contributed by atoms with Gasteiger partial charge in [-0.1, -0.05) is 11.6 Å². The third-order valence-electron chi connectivity index (χ3n) is 1.80. The molecule has 0 aliphatic rings. The minimum Gasteiger partial charge on any atom is -0.264 e. The van der Waals surface area contributed by atoms with E-state index in [2.05, 4.69) is 15.2 Å². The Hall–Kier alpha value is -1.48. The Morgan fingerprint density at radius 1 is 1.14 bits per heavy atom. The lowest BCUT2D eigenvalue weighted by Gasteiger charge is -1.99. The van der Waals surface area contributed by atoms with E-state index < -0.39 is 0 Å². The number of halogens is 1. The minimum atomic E-state index is 0.398. The summed E-state index contributed by atoms with van der Waals surface area (Å²) >= 11 is 5.64. The number of rotatable bonds is 1. The van der Waals surface area contributed by atoms with Crippen molar-refractivity contribution in [1.82, 2.24) is 15.2 Å². The van der Waals surface area contributed by atoms with Gasteiger partial charge in [0.15, 0.2) is 5.15 Å². The van der Waals surface area contributed by atoms with Gasteiger partial charge in [0, 0.05) is 18.0 Å². The summed E-state index contributed by atoms with van der Waals surface area (Å²) in [6, 6.07) is 5.54. The number of hydrogen-bond acceptors (Lipinski definition) is 3. The molecule has 0 aromatic carbocycles. The first kappa shape index (κ1) is 9.09. The molecule has 0 aliphatic carbocycles. The van der Waals surface area contributed by atoms with Gasteiger partial charge in [0.1, 0.15) is 0 Å². The molecular weight excluding hydrogens is 198 g/mol. The lowest BCUT2D eigenvalue weighted by molar-refractivity contribution is 1.04. The molecule has 2 rings (SSSR count). The Morgan fingerprint density at radius 2 is 2.00 bits per heavy atom. The highest BCUT2D eigenvalue weighted by atomic mass is 35.5. The van der Waals surface area contributed by atoms with Crippen molar-refractivity contribution in [2.75, 3.05) is 0 Å². The van der Waals surface area contributed by atoms with E-state index >= 15 is 0 Å². The highest BCUT2D eigenvalue weighted by Gasteiger charge is 2.00. The number of pyridine rings is 1. The zero-order valence-corrected chi connectivity index (χ0v) is 8.36. The number of aromatic nitrogens is 3. The predicted molar refractivity (Wildman–Crippen MR) is 55.0 cm³/mol. The van der Waals surface area contributed by atoms with E-state index in [1.165, 1.54) is 0 Å². The maximum absolute atomic E-state index is 5.64. The lowest BCUT2D eigenvalue weighted by Crippen LogP contribution is -1.88. The van der Waals surface area contributed by atoms with Crippen LogP contribution in [-0.2, 0) is 0 Å². The average Bonchev–Trinajstić information content (AvgIpc) is 2.19. The fourth-order valence-corrected chi connectivity index (χ4v) is 1.27. The van der Waals surface area contributed by atoms with Crippen LogP contribution >= 0.6 is 11.6 Å². The van der Waals surface area contributed by atoms with Crippen molar-refractivity contribution in [1.29, 1.82) is 0 Å². The standard InChI is InChI=1S/C10H8ClN3/c1-7-4-8(6-12-5-7)9-2-3-10(11)14-13-9/h2-6H,1H3. The zero-order chi connectivity index (χ0) is 9.97. The van der Waals surface area contributed by atoms with E-state index in [9.17, 15) is 0 Å². The molecule has 70 valence electrons. The molecule has 0 bridgehead atoms. The summed E-state index contributed by atoms with van der Waals surface area (Å²) in [5.41, 5.74) is 2.83. The van der Waals surface area contributed by atoms with Crippen LogP contribution in [0, 0.1) is 6.92 Å². The highest BCUT2D eigenvalue weighted by Crippen LogP contribution is 2.16. The SMILES string of the molecule is Cc1cncc(-c2ccc(Cl)nn2)c1. The molecule has 14 heavy (non-hydrogen) atoms. The molecule has 0 spiro atoms. The van der Waals surface area contributed by atoms with Crippen LogP contribution in [-0.4, -0.2) is 15.2 Å². The Labute approximate surface area is 86.8 Å². The molecule has 0 amide bonds. The Kier molecular flexibility index (Phi) is 2.41. The Balaban J connectivity index is 2.44. The largest absolute Gasteiger partial charge is 0.264 e. The summed E-state index contributed by atoms with van der Waals surface area (Å²) in [7, 11) is 0. The van der Waals surface area contributed by atoms with Gasteiger partial charge in [-0.15, -0.1) is 10.2 Å². The maximum Gasteiger partial charge on any atom is 0.151 e. The quantitative estimate of drug-likeness (QED) is 0.718. The first-order chi connectivity index (χ1) is 6.75. The minimum absolute atomic E-state index is 0.398. The van der Waals surface area contributed by atoms with Gasteiger partial charge in [0.05, 0.1) is 5.69 Å². The summed E-state index contributed by atoms with van der Waals surface area (Å²) in [6.45, 7) is 1.99. The van der Waals surface area contributed by atoms with Gasteiger partial charge in [-0.05, 0) is 30.7 Å². The second kappa shape index (κ2) is 3.72. The van der Waals surface area contributed by atoms with Gasteiger partial charge in [-0.3, -0.25) is 4.98 Å². The Morgan fingerprint density at radius 3 is 2.64 bits per heavy atom. The fourth-order valence-electron chi connectivity index (χ4n) is 1.16. The molecule has 2 aromatic rings. The molecule has 2 heterocycles. The lowest BCUT2D eigenvalue weighted by atomic mass is 10.1. The van der Waals surface area contributed by atoms with Crippen molar-refractivity contribution in [3.8, 4) is 11.3 Å². The smallest absolute Gasteiger partial charge is 0.151 e. The number of aryl methyl sites for hydroxylation is 1. The Bertz CT molecular complexity index is 439. The van der Waals surface area contributed by atoms with E-state index in [-0.39, 0.29) is 0 Å². The van der Waals surface area contributed by atoms with Crippen molar-refractivity contribution in [3.63, 3.8) is 0 Å². The molecule has 0 N–H and O–H groups in total. The summed E-state index contributed by atoms with van der Waals surface area (Å²) in [5.74, 6) is 0. The number of hydrogen-bond donors (Lipinski definition) is 0. The van der Waals surface area contributed by atoms with Crippen LogP contribution in [0.15, 0.2) is 30.6 Å². The summed E-state index contributed by atoms with van der Waals surface area (Å²) in [6.07, 6.45) is 3.55. The van der Waals surface area contributed by atoms with E-state index in [1.54, 1.807) is 18.5 Å². The molecule has 0 radical (unpaired) electrons. The van der Waals surface area contributed by atoms with Crippen LogP contribution in [0.5, 0.6) is 0 Å². The second-order valence-electron chi connectivity index (χ2n) is 2.99. The van der Waals surface area contributed by atoms with Crippen molar-refractivity contribution in [2.24, 2.45) is 0 Å². The third kappa shape index (κ3) is 1.88. The average molecular weight is 206 g/mol. The van der Waals surface area contributed by atoms with Crippen LogP contribution in [0.4, 0.5) is 0 Å². The van der Waals surface area contributed by atoms with Gasteiger partial charge >= 0.3 is 0 Å². The van der Waals surface area contributed by atoms with E-state index in [1.807, 2.05) is 19.1 Å². The number of nitrogens with zero attached hydrogens (tertiary/aromatic N) is 3. The predicted octanol–water partition coefficient (Wildman–Crippen LogP) is 2.50. The molecule has 0 atom stereocenters. The fraction of sp³-hybridized carbons (Fsp3) is 0.100. The zero-order valence-electron chi connectivity index (χ0n) is 7.61. The first-order valence-corrected chi connectivity index (χ1v) is 4.55. The summed E-state index contributed by atoms with van der Waals surface area (Å²) < 4.78 is 0. The van der Waals surface area contributed by atoms with Gasteiger partial charge in [0.2, 0.25) is 0 Å². The molecule has 4 heteroatoms. The summed E-state index contributed by atoms with van der Waals surface area (Å²) in [4.78, 5) is 4.08. The van der Waals surface area contributed by atoms with Gasteiger partial charge in [0.25, 0.3) is 0 Å². The van der Waals surface area contributed by atoms with E-state index in [0.717, 1.165) is 16.8 Å². The van der Waals surface area contributed by atoms with Crippen molar-refractivity contribution < 1.29 is 0 Å². The van der Waals surface area contributed by atoms with Crippen molar-refractivity contribution >= 4 is 11.6 Å². The van der Waals surface area contributed by atoms with Crippen LogP contribution in [0.3, 0.4) is 0 Å². The van der Waals surface area contributed by atoms with E-state index in [4.69, 9.17) is 11.6 Å². The van der Waals surface area contributed by atoms with Crippen molar-refractivity contribution in [3.05, 3.63) is 41.3 Å². The monoisotopic (exact) mass is 205 g/mol. The van der Waals surface area contributed by atoms with Gasteiger partial charge in [-0.2, -0.15) is 0 Å². The van der Waals surface area contributed by atoms with E-state index in [0.29, 0.717) is 5.15 Å². The normalized spacial score (nSPS) is 10.1. The van der Waals surface area contributed by atoms with Crippen LogP contribution in [0.25, 0.3) is 11.3 Å². The molecule has 0 aliphatic heterocycles. The molecule has 0 saturated carbocycles. The summed E-state index contributed by atoms with van der Waals surface area (Å²) in [5, 5.41) is 8.14. The van der Waals surface area contributed by atoms with Crippen molar-refractivity contribution in [2.45, 2.75) is 6.92 Å².